The molecule has 0 amide bonds. The second kappa shape index (κ2) is 8.70. The van der Waals surface area contributed by atoms with Gasteiger partial charge in [-0.2, -0.15) is 0 Å². The van der Waals surface area contributed by atoms with Gasteiger partial charge in [-0.05, 0) is 16.7 Å². The van der Waals surface area contributed by atoms with Gasteiger partial charge >= 0.3 is 0 Å². The maximum Gasteiger partial charge on any atom is 0.231 e. The fourth-order valence-electron chi connectivity index (χ4n) is 4.93. The molecule has 4 heteroatoms. The van der Waals surface area contributed by atoms with Crippen molar-refractivity contribution in [3.63, 3.8) is 0 Å². The molecule has 0 spiro atoms. The Morgan fingerprint density at radius 2 is 1.20 bits per heavy atom. The summed E-state index contributed by atoms with van der Waals surface area (Å²) in [6, 6.07) is 31.4. The fraction of sp³-hybridized carbons (Fsp3) is 0.308. The maximum atomic E-state index is 10.0. The summed E-state index contributed by atoms with van der Waals surface area (Å²) in [5, 5.41) is 10.0. The van der Waals surface area contributed by atoms with Crippen LogP contribution in [0, 0.1) is 5.92 Å². The van der Waals surface area contributed by atoms with Crippen LogP contribution >= 0.6 is 0 Å². The first-order chi connectivity index (χ1) is 14.7. The van der Waals surface area contributed by atoms with Crippen molar-refractivity contribution in [3.05, 3.63) is 108 Å². The van der Waals surface area contributed by atoms with Crippen LogP contribution in [0.2, 0.25) is 0 Å². The van der Waals surface area contributed by atoms with Gasteiger partial charge in [0.1, 0.15) is 5.54 Å². The summed E-state index contributed by atoms with van der Waals surface area (Å²) in [5.41, 5.74) is 2.72. The van der Waals surface area contributed by atoms with E-state index >= 15 is 0 Å². The molecule has 1 aliphatic rings. The van der Waals surface area contributed by atoms with Crippen molar-refractivity contribution in [1.82, 2.24) is 4.90 Å². The van der Waals surface area contributed by atoms with Gasteiger partial charge in [0.2, 0.25) is 5.91 Å². The molecule has 1 aliphatic heterocycles. The predicted molar refractivity (Wildman–Crippen MR) is 118 cm³/mol. The Morgan fingerprint density at radius 3 is 1.53 bits per heavy atom. The predicted octanol–water partition coefficient (Wildman–Crippen LogP) is 4.24. The van der Waals surface area contributed by atoms with E-state index in [1.54, 1.807) is 14.2 Å². The highest BCUT2D eigenvalue weighted by atomic mass is 16.7. The van der Waals surface area contributed by atoms with E-state index in [9.17, 15) is 5.11 Å². The Morgan fingerprint density at radius 1 is 0.800 bits per heavy atom. The van der Waals surface area contributed by atoms with E-state index in [-0.39, 0.29) is 12.5 Å². The molecule has 1 atom stereocenters. The van der Waals surface area contributed by atoms with Crippen LogP contribution in [0.5, 0.6) is 0 Å². The van der Waals surface area contributed by atoms with E-state index in [4.69, 9.17) is 9.47 Å². The van der Waals surface area contributed by atoms with Crippen LogP contribution in [0.3, 0.4) is 0 Å². The first kappa shape index (κ1) is 20.8. The zero-order chi connectivity index (χ0) is 21.0. The zero-order valence-electron chi connectivity index (χ0n) is 17.6. The van der Waals surface area contributed by atoms with Crippen LogP contribution < -0.4 is 0 Å². The van der Waals surface area contributed by atoms with Crippen LogP contribution in [0.4, 0.5) is 0 Å². The van der Waals surface area contributed by atoms with E-state index in [2.05, 4.69) is 77.7 Å². The molecule has 1 heterocycles. The van der Waals surface area contributed by atoms with Gasteiger partial charge in [-0.3, -0.25) is 0 Å². The van der Waals surface area contributed by atoms with E-state index < -0.39 is 11.4 Å². The molecule has 4 rings (SSSR count). The molecule has 156 valence electrons. The van der Waals surface area contributed by atoms with Crippen LogP contribution in [0.1, 0.15) is 23.1 Å². The van der Waals surface area contributed by atoms with Gasteiger partial charge < -0.3 is 14.6 Å². The van der Waals surface area contributed by atoms with Crippen molar-refractivity contribution in [2.24, 2.45) is 5.92 Å². The molecular weight excluding hydrogens is 374 g/mol. The van der Waals surface area contributed by atoms with Gasteiger partial charge in [-0.25, -0.2) is 4.90 Å². The molecule has 4 nitrogen and oxygen atoms in total. The van der Waals surface area contributed by atoms with Gasteiger partial charge in [-0.15, -0.1) is 0 Å². The number of nitrogens with zero attached hydrogens (tertiary/aromatic N) is 1. The second-order valence-electron chi connectivity index (χ2n) is 7.79. The normalized spacial score (nSPS) is 19.1. The van der Waals surface area contributed by atoms with Crippen molar-refractivity contribution in [2.45, 2.75) is 17.9 Å². The Balaban J connectivity index is 2.07. The van der Waals surface area contributed by atoms with Crippen molar-refractivity contribution in [1.29, 1.82) is 0 Å². The summed E-state index contributed by atoms with van der Waals surface area (Å²) in [4.78, 5) is 2.28. The SMILES string of the molecule is COC1(OC)CC(CO)CN1C(c1ccccc1)(c1ccccc1)c1ccccc1. The van der Waals surface area contributed by atoms with Crippen molar-refractivity contribution in [2.75, 3.05) is 27.4 Å². The van der Waals surface area contributed by atoms with Crippen molar-refractivity contribution < 1.29 is 14.6 Å². The monoisotopic (exact) mass is 403 g/mol. The lowest BCUT2D eigenvalue weighted by Gasteiger charge is -2.50. The first-order valence-corrected chi connectivity index (χ1v) is 10.4. The van der Waals surface area contributed by atoms with E-state index in [1.807, 2.05) is 18.2 Å². The van der Waals surface area contributed by atoms with Crippen LogP contribution in [-0.4, -0.2) is 43.3 Å². The number of rotatable bonds is 7. The number of methoxy groups -OCH3 is 2. The minimum atomic E-state index is -0.963. The lowest BCUT2D eigenvalue weighted by atomic mass is 9.75. The van der Waals surface area contributed by atoms with Gasteiger partial charge in [0.25, 0.3) is 0 Å². The second-order valence-corrected chi connectivity index (χ2v) is 7.79. The van der Waals surface area contributed by atoms with Crippen molar-refractivity contribution >= 4 is 0 Å². The van der Waals surface area contributed by atoms with Gasteiger partial charge in [0, 0.05) is 39.7 Å². The largest absolute Gasteiger partial charge is 0.396 e. The van der Waals surface area contributed by atoms with Crippen LogP contribution in [0.15, 0.2) is 91.0 Å². The number of aliphatic hydroxyl groups excluding tert-OH is 1. The number of likely N-dealkylation sites (tertiary alicyclic amines) is 1. The molecule has 0 bridgehead atoms. The molecule has 3 aromatic carbocycles. The third-order valence-electron chi connectivity index (χ3n) is 6.27. The summed E-state index contributed by atoms with van der Waals surface area (Å²) >= 11 is 0. The smallest absolute Gasteiger partial charge is 0.231 e. The average molecular weight is 404 g/mol. The molecule has 1 saturated heterocycles. The Bertz CT molecular complexity index is 830. The summed E-state index contributed by atoms with van der Waals surface area (Å²) < 4.78 is 12.1. The molecule has 1 unspecified atom stereocenters. The molecule has 1 fully saturated rings. The molecule has 3 aromatic rings. The number of hydrogen-bond acceptors (Lipinski definition) is 4. The van der Waals surface area contributed by atoms with Crippen LogP contribution in [-0.2, 0) is 15.0 Å². The van der Waals surface area contributed by atoms with E-state index in [0.29, 0.717) is 13.0 Å². The quantitative estimate of drug-likeness (QED) is 0.473. The molecular formula is C26H29NO3. The molecule has 0 saturated carbocycles. The molecule has 1 N–H and O–H groups in total. The van der Waals surface area contributed by atoms with Gasteiger partial charge in [0.05, 0.1) is 0 Å². The highest BCUT2D eigenvalue weighted by Crippen LogP contribution is 2.50. The fourth-order valence-corrected chi connectivity index (χ4v) is 4.93. The molecule has 0 aromatic heterocycles. The van der Waals surface area contributed by atoms with Crippen LogP contribution in [0.25, 0.3) is 0 Å². The minimum absolute atomic E-state index is 0.0420. The minimum Gasteiger partial charge on any atom is -0.396 e. The first-order valence-electron chi connectivity index (χ1n) is 10.4. The number of aliphatic hydroxyl groups is 1. The third kappa shape index (κ3) is 3.26. The standard InChI is InChI=1S/C26H29NO3/c1-29-25(30-2)18-21(20-28)19-27(25)26(22-12-6-3-7-13-22,23-14-8-4-9-15-23)24-16-10-5-11-17-24/h3-17,21,28H,18-20H2,1-2H3. The lowest BCUT2D eigenvalue weighted by Crippen LogP contribution is -2.58. The van der Waals surface area contributed by atoms with Gasteiger partial charge in [-0.1, -0.05) is 91.0 Å². The number of hydrogen-bond donors (Lipinski definition) is 1. The van der Waals surface area contributed by atoms with Gasteiger partial charge in [0.15, 0.2) is 0 Å². The third-order valence-corrected chi connectivity index (χ3v) is 6.27. The highest BCUT2D eigenvalue weighted by Gasteiger charge is 2.57. The zero-order valence-corrected chi connectivity index (χ0v) is 17.6. The topological polar surface area (TPSA) is 41.9 Å². The highest BCUT2D eigenvalue weighted by molar-refractivity contribution is 5.50. The summed E-state index contributed by atoms with van der Waals surface area (Å²) in [6.07, 6.45) is 0.588. The van der Waals surface area contributed by atoms with E-state index in [0.717, 1.165) is 16.7 Å². The molecule has 0 radical (unpaired) electrons. The Kier molecular flexibility index (Phi) is 6.02. The number of benzene rings is 3. The lowest BCUT2D eigenvalue weighted by molar-refractivity contribution is -0.295. The summed E-state index contributed by atoms with van der Waals surface area (Å²) in [7, 11) is 3.37. The maximum absolute atomic E-state index is 10.0. The number of ether oxygens (including phenoxy) is 2. The summed E-state index contributed by atoms with van der Waals surface area (Å²) in [6.45, 7) is 0.719. The van der Waals surface area contributed by atoms with E-state index in [1.165, 1.54) is 0 Å². The van der Waals surface area contributed by atoms with Crippen molar-refractivity contribution in [3.8, 4) is 0 Å². The molecule has 0 aliphatic carbocycles. The average Bonchev–Trinajstić information content (AvgIpc) is 3.22. The molecule has 30 heavy (non-hydrogen) atoms. The Hall–Kier alpha value is -2.50. The summed E-state index contributed by atoms with van der Waals surface area (Å²) in [5.74, 6) is -0.921. The Labute approximate surface area is 178 Å².